The molecule has 0 saturated heterocycles. The molecule has 1 aliphatic rings. The van der Waals surface area contributed by atoms with E-state index in [2.05, 4.69) is 26.6 Å². The number of H-pyrrole nitrogens is 1. The van der Waals surface area contributed by atoms with E-state index in [1.807, 2.05) is 29.2 Å². The van der Waals surface area contributed by atoms with Crippen molar-refractivity contribution in [2.45, 2.75) is 26.3 Å². The zero-order chi connectivity index (χ0) is 15.8. The van der Waals surface area contributed by atoms with E-state index in [1.165, 1.54) is 15.3 Å². The Balaban J connectivity index is 1.50. The number of carbonyl (C=O) groups is 1. The van der Waals surface area contributed by atoms with Crippen LogP contribution in [0.1, 0.15) is 21.1 Å². The minimum atomic E-state index is 0.150. The summed E-state index contributed by atoms with van der Waals surface area (Å²) in [6, 6.07) is 4.05. The Bertz CT molecular complexity index is 834. The molecule has 23 heavy (non-hydrogen) atoms. The van der Waals surface area contributed by atoms with E-state index in [4.69, 9.17) is 0 Å². The number of amides is 1. The van der Waals surface area contributed by atoms with Crippen LogP contribution >= 0.6 is 22.7 Å². The molecule has 0 fully saturated rings. The van der Waals surface area contributed by atoms with Crippen molar-refractivity contribution in [3.63, 3.8) is 0 Å². The number of rotatable bonds is 3. The van der Waals surface area contributed by atoms with Gasteiger partial charge in [-0.2, -0.15) is 5.10 Å². The Morgan fingerprint density at radius 3 is 3.13 bits per heavy atom. The van der Waals surface area contributed by atoms with Gasteiger partial charge in [0.2, 0.25) is 5.91 Å². The molecule has 0 aliphatic carbocycles. The van der Waals surface area contributed by atoms with Crippen LogP contribution in [0.25, 0.3) is 10.6 Å². The number of hydrogen-bond donors (Lipinski definition) is 1. The number of thiazole rings is 1. The molecular weight excluding hydrogens is 328 g/mol. The van der Waals surface area contributed by atoms with E-state index in [-0.39, 0.29) is 5.91 Å². The summed E-state index contributed by atoms with van der Waals surface area (Å²) in [6.07, 6.45) is 2.99. The quantitative estimate of drug-likeness (QED) is 0.794. The van der Waals surface area contributed by atoms with Gasteiger partial charge in [-0.05, 0) is 31.0 Å². The predicted molar refractivity (Wildman–Crippen MR) is 91.6 cm³/mol. The van der Waals surface area contributed by atoms with Crippen LogP contribution in [0, 0.1) is 6.92 Å². The lowest BCUT2D eigenvalue weighted by Gasteiger charge is -2.26. The third-order valence-electron chi connectivity index (χ3n) is 3.99. The minimum Gasteiger partial charge on any atom is -0.338 e. The number of aromatic nitrogens is 3. The van der Waals surface area contributed by atoms with Crippen molar-refractivity contribution in [2.24, 2.45) is 0 Å². The highest BCUT2D eigenvalue weighted by molar-refractivity contribution is 7.16. The van der Waals surface area contributed by atoms with Crippen LogP contribution in [0.4, 0.5) is 0 Å². The van der Waals surface area contributed by atoms with Crippen LogP contribution in [0.3, 0.4) is 0 Å². The third kappa shape index (κ3) is 2.94. The van der Waals surface area contributed by atoms with Gasteiger partial charge in [-0.3, -0.25) is 9.89 Å². The molecule has 4 heterocycles. The van der Waals surface area contributed by atoms with Gasteiger partial charge < -0.3 is 4.90 Å². The molecule has 7 heteroatoms. The summed E-state index contributed by atoms with van der Waals surface area (Å²) in [4.78, 5) is 21.5. The van der Waals surface area contributed by atoms with Gasteiger partial charge in [0.25, 0.3) is 0 Å². The molecule has 4 rings (SSSR count). The van der Waals surface area contributed by atoms with Crippen molar-refractivity contribution in [3.8, 4) is 10.6 Å². The average Bonchev–Trinajstić information content (AvgIpc) is 3.25. The lowest BCUT2D eigenvalue weighted by molar-refractivity contribution is -0.131. The fourth-order valence-electron chi connectivity index (χ4n) is 2.81. The Hall–Kier alpha value is -1.99. The zero-order valence-corrected chi connectivity index (χ0v) is 14.3. The maximum absolute atomic E-state index is 12.4. The number of thiophene rings is 1. The molecule has 0 radical (unpaired) electrons. The number of nitrogens with one attached hydrogen (secondary N) is 1. The molecule has 0 bridgehead atoms. The molecule has 0 atom stereocenters. The predicted octanol–water partition coefficient (Wildman–Crippen LogP) is 3.03. The second-order valence-corrected chi connectivity index (χ2v) is 7.83. The molecule has 118 valence electrons. The van der Waals surface area contributed by atoms with E-state index in [0.29, 0.717) is 13.0 Å². The first-order valence-electron chi connectivity index (χ1n) is 7.49. The molecule has 0 unspecified atom stereocenters. The van der Waals surface area contributed by atoms with Crippen molar-refractivity contribution >= 4 is 28.6 Å². The van der Waals surface area contributed by atoms with Crippen molar-refractivity contribution < 1.29 is 4.79 Å². The van der Waals surface area contributed by atoms with Crippen molar-refractivity contribution in [1.82, 2.24) is 20.1 Å². The first-order chi connectivity index (χ1) is 11.2. The van der Waals surface area contributed by atoms with Crippen LogP contribution in [-0.2, 0) is 24.2 Å². The monoisotopic (exact) mass is 344 g/mol. The number of carbonyl (C=O) groups excluding carboxylic acids is 1. The Morgan fingerprint density at radius 2 is 2.39 bits per heavy atom. The molecule has 1 N–H and O–H groups in total. The maximum Gasteiger partial charge on any atom is 0.228 e. The molecule has 1 aliphatic heterocycles. The van der Waals surface area contributed by atoms with Gasteiger partial charge in [0.15, 0.2) is 0 Å². The summed E-state index contributed by atoms with van der Waals surface area (Å²) in [5, 5.41) is 9.94. The number of hydrogen-bond acceptors (Lipinski definition) is 5. The van der Waals surface area contributed by atoms with E-state index in [9.17, 15) is 4.79 Å². The lowest BCUT2D eigenvalue weighted by atomic mass is 10.1. The summed E-state index contributed by atoms with van der Waals surface area (Å²) in [7, 11) is 0. The summed E-state index contributed by atoms with van der Waals surface area (Å²) in [5.41, 5.74) is 3.19. The molecule has 0 aromatic carbocycles. The summed E-state index contributed by atoms with van der Waals surface area (Å²) in [5.74, 6) is 0.150. The summed E-state index contributed by atoms with van der Waals surface area (Å²) < 4.78 is 0. The number of aryl methyl sites for hydroxylation is 1. The SMILES string of the molecule is Cc1nc(-c2cc3c(s2)CCN(C(=O)Cc2ccn[nH]2)C3)cs1. The van der Waals surface area contributed by atoms with E-state index in [1.54, 1.807) is 17.5 Å². The Kier molecular flexibility index (Phi) is 3.74. The Morgan fingerprint density at radius 1 is 1.48 bits per heavy atom. The lowest BCUT2D eigenvalue weighted by Crippen LogP contribution is -2.36. The fraction of sp³-hybridized carbons (Fsp3) is 0.312. The van der Waals surface area contributed by atoms with Gasteiger partial charge >= 0.3 is 0 Å². The van der Waals surface area contributed by atoms with Gasteiger partial charge in [-0.15, -0.1) is 22.7 Å². The Labute approximate surface area is 142 Å². The smallest absolute Gasteiger partial charge is 0.228 e. The van der Waals surface area contributed by atoms with Gasteiger partial charge in [-0.25, -0.2) is 4.98 Å². The number of fused-ring (bicyclic) bond motifs is 1. The van der Waals surface area contributed by atoms with Crippen molar-refractivity contribution in [3.05, 3.63) is 44.9 Å². The van der Waals surface area contributed by atoms with E-state index in [0.717, 1.165) is 29.4 Å². The van der Waals surface area contributed by atoms with Crippen LogP contribution < -0.4 is 0 Å². The van der Waals surface area contributed by atoms with Crippen LogP contribution in [-0.4, -0.2) is 32.5 Å². The highest BCUT2D eigenvalue weighted by Gasteiger charge is 2.23. The fourth-order valence-corrected chi connectivity index (χ4v) is 4.62. The van der Waals surface area contributed by atoms with Gasteiger partial charge in [0.05, 0.1) is 22.0 Å². The van der Waals surface area contributed by atoms with Crippen LogP contribution in [0.15, 0.2) is 23.7 Å². The second-order valence-electron chi connectivity index (χ2n) is 5.63. The highest BCUT2D eigenvalue weighted by Crippen LogP contribution is 2.35. The summed E-state index contributed by atoms with van der Waals surface area (Å²) >= 11 is 3.49. The largest absolute Gasteiger partial charge is 0.338 e. The standard InChI is InChI=1S/C16H16N4OS2/c1-10-18-13(9-22-10)15-6-11-8-20(5-3-14(11)23-15)16(21)7-12-2-4-17-19-12/h2,4,6,9H,3,5,7-8H2,1H3,(H,17,19). The van der Waals surface area contributed by atoms with Crippen LogP contribution in [0.2, 0.25) is 0 Å². The topological polar surface area (TPSA) is 61.9 Å². The van der Waals surface area contributed by atoms with E-state index >= 15 is 0 Å². The average molecular weight is 344 g/mol. The number of nitrogens with zero attached hydrogens (tertiary/aromatic N) is 3. The first-order valence-corrected chi connectivity index (χ1v) is 9.19. The molecule has 5 nitrogen and oxygen atoms in total. The normalized spacial score (nSPS) is 14.0. The van der Waals surface area contributed by atoms with Crippen molar-refractivity contribution in [2.75, 3.05) is 6.54 Å². The summed E-state index contributed by atoms with van der Waals surface area (Å²) in [6.45, 7) is 3.51. The molecule has 3 aromatic heterocycles. The van der Waals surface area contributed by atoms with Gasteiger partial charge in [0.1, 0.15) is 0 Å². The first kappa shape index (κ1) is 14.6. The third-order valence-corrected chi connectivity index (χ3v) is 6.02. The van der Waals surface area contributed by atoms with Gasteiger partial charge in [-0.1, -0.05) is 0 Å². The van der Waals surface area contributed by atoms with Crippen LogP contribution in [0.5, 0.6) is 0 Å². The van der Waals surface area contributed by atoms with Crippen molar-refractivity contribution in [1.29, 1.82) is 0 Å². The van der Waals surface area contributed by atoms with Gasteiger partial charge in [0, 0.05) is 35.2 Å². The van der Waals surface area contributed by atoms with E-state index < -0.39 is 0 Å². The highest BCUT2D eigenvalue weighted by atomic mass is 32.1. The molecular formula is C16H16N4OS2. The molecule has 0 saturated carbocycles. The maximum atomic E-state index is 12.4. The second kappa shape index (κ2) is 5.90. The molecule has 1 amide bonds. The minimum absolute atomic E-state index is 0.150. The number of aromatic amines is 1. The zero-order valence-electron chi connectivity index (χ0n) is 12.7. The molecule has 3 aromatic rings. The molecule has 0 spiro atoms.